The zero-order valence-electron chi connectivity index (χ0n) is 20.8. The Morgan fingerprint density at radius 1 is 1.13 bits per heavy atom. The summed E-state index contributed by atoms with van der Waals surface area (Å²) in [6, 6.07) is 5.05. The number of rotatable bonds is 5. The first kappa shape index (κ1) is 25.6. The highest BCUT2D eigenvalue weighted by Crippen LogP contribution is 2.31. The van der Waals surface area contributed by atoms with Crippen LogP contribution in [0.4, 0.5) is 19.5 Å². The number of urea groups is 1. The number of aryl methyl sites for hydroxylation is 1. The SMILES string of the molecule is Cc1nn(CC(N)=O)nc1-c1nc(N2CCN(C(=O)N3N=CCC3c3cc(F)cc(C#N)c3)CC2)ncc1F. The molecule has 1 saturated heterocycles. The molecule has 0 aliphatic carbocycles. The van der Waals surface area contributed by atoms with E-state index < -0.39 is 23.6 Å². The van der Waals surface area contributed by atoms with Gasteiger partial charge in [-0.05, 0) is 30.7 Å². The van der Waals surface area contributed by atoms with Crippen molar-refractivity contribution < 1.29 is 18.4 Å². The molecule has 1 fully saturated rings. The molecule has 2 N–H and O–H groups in total. The normalized spacial score (nSPS) is 17.0. The van der Waals surface area contributed by atoms with Crippen molar-refractivity contribution >= 4 is 24.1 Å². The van der Waals surface area contributed by atoms with Gasteiger partial charge in [0.1, 0.15) is 23.7 Å². The van der Waals surface area contributed by atoms with Gasteiger partial charge in [0.05, 0.1) is 29.6 Å². The topological polar surface area (TPSA) is 163 Å². The van der Waals surface area contributed by atoms with Crippen LogP contribution in [0.25, 0.3) is 11.4 Å². The molecule has 4 heterocycles. The first-order chi connectivity index (χ1) is 18.7. The third-order valence-electron chi connectivity index (χ3n) is 6.37. The zero-order chi connectivity index (χ0) is 27.7. The lowest BCUT2D eigenvalue weighted by molar-refractivity contribution is -0.118. The Balaban J connectivity index is 1.28. The van der Waals surface area contributed by atoms with Gasteiger partial charge in [-0.2, -0.15) is 25.4 Å². The fourth-order valence-electron chi connectivity index (χ4n) is 4.52. The fourth-order valence-corrected chi connectivity index (χ4v) is 4.52. The van der Waals surface area contributed by atoms with Gasteiger partial charge in [0, 0.05) is 38.8 Å². The molecule has 0 bridgehead atoms. The number of halogens is 2. The van der Waals surface area contributed by atoms with Gasteiger partial charge in [-0.1, -0.05) is 0 Å². The Bertz CT molecular complexity index is 1510. The van der Waals surface area contributed by atoms with Crippen molar-refractivity contribution in [3.63, 3.8) is 0 Å². The molecule has 3 aromatic rings. The van der Waals surface area contributed by atoms with Crippen molar-refractivity contribution in [2.75, 3.05) is 31.1 Å². The quantitative estimate of drug-likeness (QED) is 0.512. The molecule has 0 radical (unpaired) electrons. The lowest BCUT2D eigenvalue weighted by atomic mass is 10.0. The van der Waals surface area contributed by atoms with Crippen molar-refractivity contribution in [2.24, 2.45) is 10.8 Å². The molecule has 5 rings (SSSR count). The van der Waals surface area contributed by atoms with Gasteiger partial charge >= 0.3 is 6.03 Å². The van der Waals surface area contributed by atoms with Crippen molar-refractivity contribution in [3.8, 4) is 17.5 Å². The smallest absolute Gasteiger partial charge is 0.341 e. The molecule has 3 amide bonds. The fraction of sp³-hybridized carbons (Fsp3) is 0.333. The molecule has 1 atom stereocenters. The van der Waals surface area contributed by atoms with Crippen LogP contribution in [0.1, 0.15) is 29.3 Å². The second kappa shape index (κ2) is 10.4. The maximum Gasteiger partial charge on any atom is 0.341 e. The number of benzene rings is 1. The average Bonchev–Trinajstić information content (AvgIpc) is 3.54. The summed E-state index contributed by atoms with van der Waals surface area (Å²) in [6.07, 6.45) is 3.03. The number of carbonyl (C=O) groups excluding carboxylic acids is 2. The van der Waals surface area contributed by atoms with Crippen LogP contribution in [-0.2, 0) is 11.3 Å². The van der Waals surface area contributed by atoms with Crippen LogP contribution in [0.2, 0.25) is 0 Å². The van der Waals surface area contributed by atoms with E-state index in [0.29, 0.717) is 43.9 Å². The second-order valence-electron chi connectivity index (χ2n) is 9.03. The lowest BCUT2D eigenvalue weighted by Gasteiger charge is -2.37. The summed E-state index contributed by atoms with van der Waals surface area (Å²) in [4.78, 5) is 37.5. The van der Waals surface area contributed by atoms with E-state index in [9.17, 15) is 23.6 Å². The number of nitriles is 1. The van der Waals surface area contributed by atoms with Gasteiger partial charge in [-0.25, -0.2) is 28.6 Å². The van der Waals surface area contributed by atoms with Crippen molar-refractivity contribution in [1.82, 2.24) is 34.9 Å². The van der Waals surface area contributed by atoms with Gasteiger partial charge < -0.3 is 15.5 Å². The monoisotopic (exact) mass is 535 g/mol. The summed E-state index contributed by atoms with van der Waals surface area (Å²) in [5.41, 5.74) is 6.33. The molecule has 2 aliphatic rings. The summed E-state index contributed by atoms with van der Waals surface area (Å²) in [5.74, 6) is -1.64. The minimum atomic E-state index is -0.698. The van der Waals surface area contributed by atoms with Crippen LogP contribution >= 0.6 is 0 Å². The Kier molecular flexibility index (Phi) is 6.84. The number of nitrogens with two attached hydrogens (primary N) is 1. The van der Waals surface area contributed by atoms with E-state index in [1.165, 1.54) is 11.1 Å². The number of hydrogen-bond acceptors (Lipinski definition) is 9. The van der Waals surface area contributed by atoms with Gasteiger partial charge in [-0.15, -0.1) is 0 Å². The van der Waals surface area contributed by atoms with E-state index in [-0.39, 0.29) is 35.5 Å². The minimum absolute atomic E-state index is 0.0622. The molecule has 2 aromatic heterocycles. The van der Waals surface area contributed by atoms with E-state index in [1.54, 1.807) is 24.1 Å². The van der Waals surface area contributed by atoms with E-state index in [0.717, 1.165) is 17.1 Å². The maximum absolute atomic E-state index is 14.6. The minimum Gasteiger partial charge on any atom is -0.368 e. The predicted octanol–water partition coefficient (Wildman–Crippen LogP) is 1.35. The molecule has 1 aromatic carbocycles. The van der Waals surface area contributed by atoms with Crippen LogP contribution in [0.3, 0.4) is 0 Å². The maximum atomic E-state index is 14.6. The Morgan fingerprint density at radius 3 is 2.62 bits per heavy atom. The predicted molar refractivity (Wildman–Crippen MR) is 133 cm³/mol. The van der Waals surface area contributed by atoms with E-state index >= 15 is 0 Å². The second-order valence-corrected chi connectivity index (χ2v) is 9.03. The number of piperazine rings is 1. The molecule has 13 nitrogen and oxygen atoms in total. The number of carbonyl (C=O) groups is 2. The molecule has 0 spiro atoms. The number of aromatic nitrogens is 5. The molecule has 15 heteroatoms. The first-order valence-electron chi connectivity index (χ1n) is 12.0. The summed E-state index contributed by atoms with van der Waals surface area (Å²) < 4.78 is 28.7. The molecule has 200 valence electrons. The highest BCUT2D eigenvalue weighted by atomic mass is 19.1. The molecular weight excluding hydrogens is 512 g/mol. The lowest BCUT2D eigenvalue weighted by Crippen LogP contribution is -2.52. The third kappa shape index (κ3) is 5.21. The van der Waals surface area contributed by atoms with Crippen LogP contribution < -0.4 is 10.6 Å². The first-order valence-corrected chi connectivity index (χ1v) is 12.0. The number of anilines is 1. The zero-order valence-corrected chi connectivity index (χ0v) is 20.8. The van der Waals surface area contributed by atoms with Gasteiger partial charge in [0.15, 0.2) is 5.82 Å². The summed E-state index contributed by atoms with van der Waals surface area (Å²) >= 11 is 0. The van der Waals surface area contributed by atoms with Gasteiger partial charge in [0.25, 0.3) is 0 Å². The van der Waals surface area contributed by atoms with Crippen LogP contribution in [0.15, 0.2) is 29.5 Å². The molecule has 0 saturated carbocycles. The third-order valence-corrected chi connectivity index (χ3v) is 6.37. The number of hydrazone groups is 1. The molecule has 2 aliphatic heterocycles. The summed E-state index contributed by atoms with van der Waals surface area (Å²) in [5, 5.41) is 22.9. The number of primary amides is 1. The summed E-state index contributed by atoms with van der Waals surface area (Å²) in [6.45, 7) is 2.72. The van der Waals surface area contributed by atoms with Crippen LogP contribution in [-0.4, -0.2) is 79.2 Å². The molecular formula is C24H23F2N11O2. The van der Waals surface area contributed by atoms with Crippen molar-refractivity contribution in [1.29, 1.82) is 5.26 Å². The summed E-state index contributed by atoms with van der Waals surface area (Å²) in [7, 11) is 0. The number of hydrogen-bond donors (Lipinski definition) is 1. The van der Waals surface area contributed by atoms with E-state index in [4.69, 9.17) is 5.73 Å². The van der Waals surface area contributed by atoms with E-state index in [1.807, 2.05) is 11.0 Å². The van der Waals surface area contributed by atoms with Gasteiger partial charge in [0.2, 0.25) is 11.9 Å². The van der Waals surface area contributed by atoms with Crippen molar-refractivity contribution in [3.05, 3.63) is 52.9 Å². The van der Waals surface area contributed by atoms with Crippen LogP contribution in [0.5, 0.6) is 0 Å². The Morgan fingerprint density at radius 2 is 1.90 bits per heavy atom. The standard InChI is InChI=1S/C24H23F2N11O2/c1-14-21(33-36(32-14)13-20(28)38)22-18(26)12-29-23(31-22)34-4-6-35(7-5-34)24(39)37-19(2-3-30-37)16-8-15(11-27)9-17(25)10-16/h3,8-10,12,19H,2,4-7,13H2,1H3,(H2,28,38). The van der Waals surface area contributed by atoms with Crippen LogP contribution in [0, 0.1) is 29.9 Å². The Hall–Kier alpha value is -5.00. The largest absolute Gasteiger partial charge is 0.368 e. The highest BCUT2D eigenvalue weighted by molar-refractivity contribution is 5.79. The average molecular weight is 536 g/mol. The highest BCUT2D eigenvalue weighted by Gasteiger charge is 2.34. The number of amides is 3. The van der Waals surface area contributed by atoms with E-state index in [2.05, 4.69) is 25.3 Å². The molecule has 1 unspecified atom stereocenters. The van der Waals surface area contributed by atoms with Gasteiger partial charge in [-0.3, -0.25) is 4.79 Å². The number of nitrogens with zero attached hydrogens (tertiary/aromatic N) is 10. The Labute approximate surface area is 221 Å². The molecule has 39 heavy (non-hydrogen) atoms. The van der Waals surface area contributed by atoms with Crippen molar-refractivity contribution in [2.45, 2.75) is 25.9 Å².